The molecule has 8 aromatic carbocycles. The van der Waals surface area contributed by atoms with Crippen LogP contribution in [0.15, 0.2) is 164 Å². The van der Waals surface area contributed by atoms with Crippen LogP contribution in [0.5, 0.6) is 0 Å². The Morgan fingerprint density at radius 3 is 1.50 bits per heavy atom. The number of nitrogens with zero attached hydrogens (tertiary/aromatic N) is 1. The average Bonchev–Trinajstić information content (AvgIpc) is 3.14. The van der Waals surface area contributed by atoms with Gasteiger partial charge in [-0.05, 0) is 163 Å². The molecule has 0 bridgehead atoms. The van der Waals surface area contributed by atoms with Crippen molar-refractivity contribution in [1.82, 2.24) is 0 Å². The van der Waals surface area contributed by atoms with Crippen molar-refractivity contribution in [3.05, 3.63) is 175 Å². The summed E-state index contributed by atoms with van der Waals surface area (Å²) in [4.78, 5) is 2.43. The molecule has 0 unspecified atom stereocenters. The van der Waals surface area contributed by atoms with Gasteiger partial charge in [0.2, 0.25) is 0 Å². The second kappa shape index (κ2) is 12.2. The maximum atomic E-state index is 2.43. The molecule has 8 aromatic rings. The van der Waals surface area contributed by atoms with Crippen LogP contribution in [0.1, 0.15) is 25.0 Å². The van der Waals surface area contributed by atoms with Crippen molar-refractivity contribution in [2.24, 2.45) is 5.92 Å². The molecule has 0 amide bonds. The van der Waals surface area contributed by atoms with Crippen LogP contribution >= 0.6 is 0 Å². The van der Waals surface area contributed by atoms with Gasteiger partial charge in [-0.25, -0.2) is 0 Å². The highest BCUT2D eigenvalue weighted by atomic mass is 15.1. The molecule has 1 aliphatic carbocycles. The number of hydrogen-bond donors (Lipinski definition) is 0. The zero-order valence-electron chi connectivity index (χ0n) is 28.8. The monoisotopic (exact) mass is 641 g/mol. The van der Waals surface area contributed by atoms with E-state index in [1.54, 1.807) is 0 Å². The molecule has 0 heterocycles. The number of hydrogen-bond acceptors (Lipinski definition) is 1. The summed E-state index contributed by atoms with van der Waals surface area (Å²) in [7, 11) is 0. The van der Waals surface area contributed by atoms with Crippen molar-refractivity contribution in [3.63, 3.8) is 0 Å². The highest BCUT2D eigenvalue weighted by Gasteiger charge is 2.25. The van der Waals surface area contributed by atoms with E-state index in [-0.39, 0.29) is 0 Å². The highest BCUT2D eigenvalue weighted by molar-refractivity contribution is 6.13. The Morgan fingerprint density at radius 2 is 0.920 bits per heavy atom. The Labute approximate surface area is 295 Å². The molecule has 0 fully saturated rings. The lowest BCUT2D eigenvalue weighted by Gasteiger charge is -2.29. The molecule has 0 saturated carbocycles. The van der Waals surface area contributed by atoms with Crippen LogP contribution < -0.4 is 4.90 Å². The van der Waals surface area contributed by atoms with Crippen LogP contribution in [0.4, 0.5) is 17.1 Å². The Morgan fingerprint density at radius 1 is 0.420 bits per heavy atom. The normalized spacial score (nSPS) is 11.8. The van der Waals surface area contributed by atoms with Gasteiger partial charge in [0, 0.05) is 17.1 Å². The molecule has 240 valence electrons. The zero-order valence-corrected chi connectivity index (χ0v) is 28.8. The lowest BCUT2D eigenvalue weighted by Crippen LogP contribution is -2.12. The highest BCUT2D eigenvalue weighted by Crippen LogP contribution is 2.51. The molecule has 9 rings (SSSR count). The standard InChI is InChI=1S/C49H39N/c1-32(2)23-34-14-12-19-41(24-34)50(49-20-11-10-13-33(49)3)42-22-21-37-26-45-46(29-38(37)25-42)48-31-40-28-44(36-17-8-5-9-18-36)43(27-39(40)30-47(45)48)35-15-6-4-7-16-35/h4-22,24-32H,23H2,1-3H3. The molecule has 0 aliphatic heterocycles. The summed E-state index contributed by atoms with van der Waals surface area (Å²) in [5.41, 5.74) is 16.6. The molecular weight excluding hydrogens is 603 g/mol. The van der Waals surface area contributed by atoms with Crippen molar-refractivity contribution in [2.45, 2.75) is 27.2 Å². The van der Waals surface area contributed by atoms with E-state index in [0.29, 0.717) is 5.92 Å². The van der Waals surface area contributed by atoms with Crippen molar-refractivity contribution in [1.29, 1.82) is 0 Å². The molecule has 0 radical (unpaired) electrons. The third-order valence-electron chi connectivity index (χ3n) is 10.3. The van der Waals surface area contributed by atoms with Crippen LogP contribution in [-0.2, 0) is 6.42 Å². The second-order valence-corrected chi connectivity index (χ2v) is 14.2. The topological polar surface area (TPSA) is 3.24 Å². The van der Waals surface area contributed by atoms with E-state index in [4.69, 9.17) is 0 Å². The number of aryl methyl sites for hydroxylation is 1. The first kappa shape index (κ1) is 30.2. The van der Waals surface area contributed by atoms with Crippen LogP contribution in [-0.4, -0.2) is 0 Å². The molecule has 1 heteroatoms. The maximum Gasteiger partial charge on any atom is 0.0490 e. The van der Waals surface area contributed by atoms with Crippen molar-refractivity contribution in [2.75, 3.05) is 4.90 Å². The van der Waals surface area contributed by atoms with Crippen LogP contribution in [0.25, 0.3) is 66.1 Å². The third-order valence-corrected chi connectivity index (χ3v) is 10.3. The third kappa shape index (κ3) is 5.27. The molecule has 1 aliphatic rings. The Bertz CT molecular complexity index is 2540. The molecule has 1 nitrogen and oxygen atoms in total. The molecule has 50 heavy (non-hydrogen) atoms. The molecule has 0 N–H and O–H groups in total. The van der Waals surface area contributed by atoms with E-state index < -0.39 is 0 Å². The van der Waals surface area contributed by atoms with Gasteiger partial charge in [-0.15, -0.1) is 0 Å². The van der Waals surface area contributed by atoms with E-state index in [2.05, 4.69) is 189 Å². The number of para-hydroxylation sites is 1. The number of anilines is 3. The first-order valence-electron chi connectivity index (χ1n) is 17.8. The van der Waals surface area contributed by atoms with E-state index >= 15 is 0 Å². The molecule has 0 atom stereocenters. The zero-order chi connectivity index (χ0) is 33.8. The van der Waals surface area contributed by atoms with Gasteiger partial charge in [0.1, 0.15) is 0 Å². The van der Waals surface area contributed by atoms with E-state index in [0.717, 1.165) is 6.42 Å². The van der Waals surface area contributed by atoms with Crippen molar-refractivity contribution in [3.8, 4) is 44.5 Å². The minimum absolute atomic E-state index is 0.604. The van der Waals surface area contributed by atoms with Crippen molar-refractivity contribution < 1.29 is 0 Å². The van der Waals surface area contributed by atoms with Crippen molar-refractivity contribution >= 4 is 38.6 Å². The van der Waals surface area contributed by atoms with Gasteiger partial charge in [0.25, 0.3) is 0 Å². The van der Waals surface area contributed by atoms with Gasteiger partial charge in [0.15, 0.2) is 0 Å². The summed E-state index contributed by atoms with van der Waals surface area (Å²) >= 11 is 0. The first-order valence-corrected chi connectivity index (χ1v) is 17.8. The first-order chi connectivity index (χ1) is 24.5. The fourth-order valence-corrected chi connectivity index (χ4v) is 7.85. The Kier molecular flexibility index (Phi) is 7.36. The van der Waals surface area contributed by atoms with Gasteiger partial charge in [0.05, 0.1) is 0 Å². The predicted molar refractivity (Wildman–Crippen MR) is 215 cm³/mol. The molecule has 0 saturated heterocycles. The Balaban J connectivity index is 1.16. The van der Waals surface area contributed by atoms with Gasteiger partial charge in [-0.1, -0.05) is 111 Å². The summed E-state index contributed by atoms with van der Waals surface area (Å²) in [6.07, 6.45) is 1.06. The van der Waals surface area contributed by atoms with Gasteiger partial charge < -0.3 is 4.90 Å². The summed E-state index contributed by atoms with van der Waals surface area (Å²) in [6.45, 7) is 6.78. The lowest BCUT2D eigenvalue weighted by atomic mass is 9.77. The molecular formula is C49H39N. The fraction of sp³-hybridized carbons (Fsp3) is 0.102. The summed E-state index contributed by atoms with van der Waals surface area (Å²) < 4.78 is 0. The van der Waals surface area contributed by atoms with Crippen LogP contribution in [0.2, 0.25) is 0 Å². The minimum atomic E-state index is 0.604. The second-order valence-electron chi connectivity index (χ2n) is 14.2. The summed E-state index contributed by atoms with van der Waals surface area (Å²) in [5, 5.41) is 5.07. The SMILES string of the molecule is Cc1ccccc1N(c1cccc(CC(C)C)c1)c1ccc2cc3c(cc2c1)-c1cc2cc(-c4ccccc4)c(-c4ccccc4)cc2cc1-3. The predicted octanol–water partition coefficient (Wildman–Crippen LogP) is 14.0. The van der Waals surface area contributed by atoms with E-state index in [1.807, 2.05) is 0 Å². The molecule has 0 aromatic heterocycles. The lowest BCUT2D eigenvalue weighted by molar-refractivity contribution is 0.647. The number of rotatable bonds is 7. The van der Waals surface area contributed by atoms with Crippen LogP contribution in [0, 0.1) is 12.8 Å². The molecule has 0 spiro atoms. The van der Waals surface area contributed by atoms with Gasteiger partial charge in [-0.2, -0.15) is 0 Å². The fourth-order valence-electron chi connectivity index (χ4n) is 7.85. The summed E-state index contributed by atoms with van der Waals surface area (Å²) in [5.74, 6) is 0.604. The van der Waals surface area contributed by atoms with Gasteiger partial charge in [-0.3, -0.25) is 0 Å². The average molecular weight is 642 g/mol. The quantitative estimate of drug-likeness (QED) is 0.167. The van der Waals surface area contributed by atoms with E-state index in [1.165, 1.54) is 94.2 Å². The Hall–Kier alpha value is -5.92. The summed E-state index contributed by atoms with van der Waals surface area (Å²) in [6, 6.07) is 60.7. The van der Waals surface area contributed by atoms with Crippen LogP contribution in [0.3, 0.4) is 0 Å². The van der Waals surface area contributed by atoms with E-state index in [9.17, 15) is 0 Å². The minimum Gasteiger partial charge on any atom is -0.310 e. The smallest absolute Gasteiger partial charge is 0.0490 e. The number of benzene rings is 8. The van der Waals surface area contributed by atoms with Gasteiger partial charge >= 0.3 is 0 Å². The number of fused-ring (bicyclic) bond motifs is 6. The maximum absolute atomic E-state index is 2.43. The largest absolute Gasteiger partial charge is 0.310 e.